The number of rotatable bonds is 4. The Kier molecular flexibility index (Phi) is 4.59. The molecule has 2 rings (SSSR count). The third-order valence-corrected chi connectivity index (χ3v) is 2.68. The van der Waals surface area contributed by atoms with Crippen LogP contribution < -0.4 is 5.69 Å². The van der Waals surface area contributed by atoms with Crippen LogP contribution in [0.5, 0.6) is 0 Å². The van der Waals surface area contributed by atoms with E-state index >= 15 is 0 Å². The van der Waals surface area contributed by atoms with Crippen LogP contribution in [-0.2, 0) is 6.54 Å². The first-order valence-corrected chi connectivity index (χ1v) is 6.28. The van der Waals surface area contributed by atoms with Gasteiger partial charge in [0, 0.05) is 20.3 Å². The summed E-state index contributed by atoms with van der Waals surface area (Å²) in [6.45, 7) is -0.127. The predicted molar refractivity (Wildman–Crippen MR) is 75.8 cm³/mol. The first kappa shape index (κ1) is 15.7. The van der Waals surface area contributed by atoms with Crippen LogP contribution in [0.3, 0.4) is 0 Å². The van der Waals surface area contributed by atoms with Crippen molar-refractivity contribution in [2.45, 2.75) is 6.54 Å². The molecule has 0 bridgehead atoms. The van der Waals surface area contributed by atoms with E-state index in [-0.39, 0.29) is 12.4 Å². The Morgan fingerprint density at radius 3 is 2.59 bits per heavy atom. The third-order valence-electron chi connectivity index (χ3n) is 2.68. The van der Waals surface area contributed by atoms with Crippen LogP contribution in [0.4, 0.5) is 19.0 Å². The van der Waals surface area contributed by atoms with E-state index in [1.807, 2.05) is 0 Å². The minimum Gasteiger partial charge on any atom is -0.369 e. The summed E-state index contributed by atoms with van der Waals surface area (Å²) in [6.07, 6.45) is 2.24. The summed E-state index contributed by atoms with van der Waals surface area (Å²) >= 11 is 0. The van der Waals surface area contributed by atoms with Gasteiger partial charge in [0.05, 0.1) is 12.9 Å². The number of hydrogen-bond acceptors (Lipinski definition) is 3. The summed E-state index contributed by atoms with van der Waals surface area (Å²) in [5.74, 6) is -3.15. The van der Waals surface area contributed by atoms with Crippen molar-refractivity contribution in [2.75, 3.05) is 14.1 Å². The highest BCUT2D eigenvalue weighted by atomic mass is 19.2. The highest BCUT2D eigenvalue weighted by Gasteiger charge is 2.09. The summed E-state index contributed by atoms with van der Waals surface area (Å²) in [7, 11) is 3.37. The summed E-state index contributed by atoms with van der Waals surface area (Å²) in [6, 6.07) is 3.19. The first-order valence-electron chi connectivity index (χ1n) is 6.28. The lowest BCUT2D eigenvalue weighted by Gasteiger charge is -2.07. The largest absolute Gasteiger partial charge is 0.369 e. The number of aliphatic imine (C=N–C) groups is 1. The zero-order chi connectivity index (χ0) is 16.3. The maximum Gasteiger partial charge on any atom is 0.350 e. The molecular formula is C14H13F3N4O. The molecule has 0 amide bonds. The highest BCUT2D eigenvalue weighted by molar-refractivity contribution is 5.58. The molecule has 116 valence electrons. The van der Waals surface area contributed by atoms with Gasteiger partial charge in [0.2, 0.25) is 0 Å². The number of benzene rings is 1. The zero-order valence-corrected chi connectivity index (χ0v) is 11.9. The highest BCUT2D eigenvalue weighted by Crippen LogP contribution is 2.13. The van der Waals surface area contributed by atoms with Gasteiger partial charge in [0.15, 0.2) is 23.3 Å². The number of nitrogens with zero attached hydrogens (tertiary/aromatic N) is 4. The SMILES string of the molecule is CN(C)C=Nc1nc(=O)n(Cc2ccc(F)c(F)c2)cc1F. The van der Waals surface area contributed by atoms with Gasteiger partial charge < -0.3 is 4.90 Å². The molecule has 22 heavy (non-hydrogen) atoms. The monoisotopic (exact) mass is 310 g/mol. The summed E-state index contributed by atoms with van der Waals surface area (Å²) in [4.78, 5) is 20.6. The molecule has 0 aliphatic carbocycles. The van der Waals surface area contributed by atoms with Crippen LogP contribution in [0.1, 0.15) is 5.56 Å². The molecule has 2 aromatic rings. The van der Waals surface area contributed by atoms with Crippen LogP contribution in [0.2, 0.25) is 0 Å². The van der Waals surface area contributed by atoms with Crippen LogP contribution in [0, 0.1) is 17.5 Å². The Morgan fingerprint density at radius 2 is 1.95 bits per heavy atom. The predicted octanol–water partition coefficient (Wildman–Crippen LogP) is 1.93. The average Bonchev–Trinajstić information content (AvgIpc) is 2.45. The average molecular weight is 310 g/mol. The maximum absolute atomic E-state index is 13.8. The summed E-state index contributed by atoms with van der Waals surface area (Å²) in [5, 5.41) is 0. The molecule has 0 N–H and O–H groups in total. The molecule has 8 heteroatoms. The smallest absolute Gasteiger partial charge is 0.350 e. The molecule has 1 heterocycles. The normalized spacial score (nSPS) is 11.1. The van der Waals surface area contributed by atoms with Crippen molar-refractivity contribution in [3.05, 3.63) is 57.9 Å². The second kappa shape index (κ2) is 6.42. The van der Waals surface area contributed by atoms with E-state index < -0.39 is 23.1 Å². The van der Waals surface area contributed by atoms with Crippen LogP contribution >= 0.6 is 0 Å². The van der Waals surface area contributed by atoms with Crippen LogP contribution in [0.25, 0.3) is 0 Å². The zero-order valence-electron chi connectivity index (χ0n) is 11.9. The van der Waals surface area contributed by atoms with Crippen molar-refractivity contribution >= 4 is 12.2 Å². The van der Waals surface area contributed by atoms with E-state index in [0.717, 1.165) is 22.9 Å². The van der Waals surface area contributed by atoms with Gasteiger partial charge >= 0.3 is 5.69 Å². The van der Waals surface area contributed by atoms with Crippen molar-refractivity contribution in [1.29, 1.82) is 0 Å². The van der Waals surface area contributed by atoms with Crippen molar-refractivity contribution in [1.82, 2.24) is 14.5 Å². The number of hydrogen-bond donors (Lipinski definition) is 0. The maximum atomic E-state index is 13.8. The molecule has 0 radical (unpaired) electrons. The molecule has 0 atom stereocenters. The van der Waals surface area contributed by atoms with Gasteiger partial charge in [-0.15, -0.1) is 0 Å². The molecule has 0 spiro atoms. The minimum absolute atomic E-state index is 0.127. The quantitative estimate of drug-likeness (QED) is 0.640. The lowest BCUT2D eigenvalue weighted by molar-refractivity contribution is 0.505. The summed E-state index contributed by atoms with van der Waals surface area (Å²) < 4.78 is 40.8. The van der Waals surface area contributed by atoms with Crippen LogP contribution in [0.15, 0.2) is 34.2 Å². The number of halogens is 3. The third kappa shape index (κ3) is 3.72. The molecule has 0 aliphatic rings. The molecule has 1 aromatic heterocycles. The molecule has 0 saturated carbocycles. The van der Waals surface area contributed by atoms with Gasteiger partial charge in [-0.1, -0.05) is 6.07 Å². The molecule has 0 aliphatic heterocycles. The van der Waals surface area contributed by atoms with Crippen molar-refractivity contribution < 1.29 is 13.2 Å². The van der Waals surface area contributed by atoms with Crippen molar-refractivity contribution in [2.24, 2.45) is 4.99 Å². The van der Waals surface area contributed by atoms with Gasteiger partial charge in [-0.2, -0.15) is 4.98 Å². The topological polar surface area (TPSA) is 50.5 Å². The van der Waals surface area contributed by atoms with Crippen molar-refractivity contribution in [3.63, 3.8) is 0 Å². The standard InChI is InChI=1S/C14H13F3N4O/c1-20(2)8-18-13-12(17)7-21(14(22)19-13)6-9-3-4-10(15)11(16)5-9/h3-5,7-8H,6H2,1-2H3. The fourth-order valence-corrected chi connectivity index (χ4v) is 1.67. The first-order chi connectivity index (χ1) is 10.4. The molecule has 0 saturated heterocycles. The molecular weight excluding hydrogens is 297 g/mol. The molecule has 1 aromatic carbocycles. The molecule has 0 fully saturated rings. The van der Waals surface area contributed by atoms with Gasteiger partial charge in [-0.05, 0) is 17.7 Å². The van der Waals surface area contributed by atoms with E-state index in [9.17, 15) is 18.0 Å². The summed E-state index contributed by atoms with van der Waals surface area (Å²) in [5.41, 5.74) is -0.427. The Morgan fingerprint density at radius 1 is 1.23 bits per heavy atom. The Balaban J connectivity index is 2.31. The van der Waals surface area contributed by atoms with E-state index in [1.54, 1.807) is 19.0 Å². The minimum atomic E-state index is -1.04. The lowest BCUT2D eigenvalue weighted by atomic mass is 10.2. The Hall–Kier alpha value is -2.64. The van der Waals surface area contributed by atoms with E-state index in [2.05, 4.69) is 9.98 Å². The van der Waals surface area contributed by atoms with Gasteiger partial charge in [-0.25, -0.2) is 23.0 Å². The second-order valence-electron chi connectivity index (χ2n) is 4.78. The van der Waals surface area contributed by atoms with Gasteiger partial charge in [0.25, 0.3) is 0 Å². The fraction of sp³-hybridized carbons (Fsp3) is 0.214. The van der Waals surface area contributed by atoms with Gasteiger partial charge in [-0.3, -0.25) is 4.57 Å². The fourth-order valence-electron chi connectivity index (χ4n) is 1.67. The van der Waals surface area contributed by atoms with E-state index in [1.165, 1.54) is 12.4 Å². The van der Waals surface area contributed by atoms with E-state index in [0.29, 0.717) is 5.56 Å². The van der Waals surface area contributed by atoms with Crippen LogP contribution in [-0.4, -0.2) is 34.9 Å². The number of aromatic nitrogens is 2. The van der Waals surface area contributed by atoms with Crippen molar-refractivity contribution in [3.8, 4) is 0 Å². The van der Waals surface area contributed by atoms with E-state index in [4.69, 9.17) is 0 Å². The second-order valence-corrected chi connectivity index (χ2v) is 4.78. The Labute approximate surface area is 124 Å². The molecule has 5 nitrogen and oxygen atoms in total. The molecule has 0 unspecified atom stereocenters. The van der Waals surface area contributed by atoms with Gasteiger partial charge in [0.1, 0.15) is 0 Å². The Bertz CT molecular complexity index is 771. The lowest BCUT2D eigenvalue weighted by Crippen LogP contribution is -2.23.